The zero-order chi connectivity index (χ0) is 9.84. The average Bonchev–Trinajstić information content (AvgIpc) is 2.47. The molecule has 2 N–H and O–H groups in total. The lowest BCUT2D eigenvalue weighted by Gasteiger charge is -2.07. The molecule has 0 atom stereocenters. The van der Waals surface area contributed by atoms with Gasteiger partial charge in [-0.3, -0.25) is 0 Å². The number of nitrogens with zero attached hydrogens (tertiary/aromatic N) is 2. The van der Waals surface area contributed by atoms with E-state index < -0.39 is 5.97 Å². The standard InChI is InChI=1S/C8H13N3O2/c1-11(2)4-3-6-7(8(12)13)10-5-9-6/h5H,3-4H2,1-2H3,(H,9,10)(H,12,13). The van der Waals surface area contributed by atoms with Crippen LogP contribution in [-0.4, -0.2) is 46.6 Å². The van der Waals surface area contributed by atoms with Gasteiger partial charge in [-0.2, -0.15) is 0 Å². The summed E-state index contributed by atoms with van der Waals surface area (Å²) in [5.41, 5.74) is 0.808. The molecule has 0 aliphatic rings. The fourth-order valence-corrected chi connectivity index (χ4v) is 1.03. The summed E-state index contributed by atoms with van der Waals surface area (Å²) in [4.78, 5) is 19.2. The highest BCUT2D eigenvalue weighted by Gasteiger charge is 2.12. The van der Waals surface area contributed by atoms with Gasteiger partial charge in [-0.05, 0) is 14.1 Å². The highest BCUT2D eigenvalue weighted by Crippen LogP contribution is 2.03. The third-order valence-corrected chi connectivity index (χ3v) is 1.73. The predicted molar refractivity (Wildman–Crippen MR) is 47.8 cm³/mol. The SMILES string of the molecule is CN(C)CCc1[nH]cnc1C(=O)O. The summed E-state index contributed by atoms with van der Waals surface area (Å²) in [5, 5.41) is 8.72. The average molecular weight is 183 g/mol. The van der Waals surface area contributed by atoms with Gasteiger partial charge >= 0.3 is 5.97 Å². The van der Waals surface area contributed by atoms with Gasteiger partial charge in [0.15, 0.2) is 5.69 Å². The molecule has 0 aliphatic carbocycles. The Hall–Kier alpha value is -1.36. The van der Waals surface area contributed by atoms with Crippen molar-refractivity contribution in [2.24, 2.45) is 0 Å². The Labute approximate surface area is 76.4 Å². The molecule has 0 spiro atoms. The number of carboxylic acids is 1. The molecule has 0 radical (unpaired) electrons. The van der Waals surface area contributed by atoms with Crippen molar-refractivity contribution in [3.8, 4) is 0 Å². The van der Waals surface area contributed by atoms with Crippen LogP contribution in [0.4, 0.5) is 0 Å². The van der Waals surface area contributed by atoms with E-state index in [0.29, 0.717) is 12.1 Å². The van der Waals surface area contributed by atoms with Gasteiger partial charge in [0.2, 0.25) is 0 Å². The molecule has 0 saturated carbocycles. The van der Waals surface area contributed by atoms with Crippen molar-refractivity contribution in [2.45, 2.75) is 6.42 Å². The van der Waals surface area contributed by atoms with Crippen molar-refractivity contribution < 1.29 is 9.90 Å². The van der Waals surface area contributed by atoms with Crippen molar-refractivity contribution in [2.75, 3.05) is 20.6 Å². The number of rotatable bonds is 4. The lowest BCUT2D eigenvalue weighted by atomic mass is 10.2. The quantitative estimate of drug-likeness (QED) is 0.700. The number of hydrogen-bond donors (Lipinski definition) is 2. The zero-order valence-corrected chi connectivity index (χ0v) is 7.74. The fraction of sp³-hybridized carbons (Fsp3) is 0.500. The summed E-state index contributed by atoms with van der Waals surface area (Å²) in [6.07, 6.45) is 2.09. The molecule has 13 heavy (non-hydrogen) atoms. The van der Waals surface area contributed by atoms with Crippen LogP contribution in [-0.2, 0) is 6.42 Å². The van der Waals surface area contributed by atoms with Crippen LogP contribution in [0.15, 0.2) is 6.33 Å². The minimum atomic E-state index is -0.977. The van der Waals surface area contributed by atoms with E-state index in [1.807, 2.05) is 19.0 Å². The van der Waals surface area contributed by atoms with E-state index in [1.165, 1.54) is 6.33 Å². The van der Waals surface area contributed by atoms with Crippen molar-refractivity contribution in [3.05, 3.63) is 17.7 Å². The monoisotopic (exact) mass is 183 g/mol. The molecule has 0 bridgehead atoms. The minimum Gasteiger partial charge on any atom is -0.476 e. The van der Waals surface area contributed by atoms with Gasteiger partial charge in [0, 0.05) is 13.0 Å². The maximum absolute atomic E-state index is 10.6. The molecule has 1 rings (SSSR count). The molecule has 0 fully saturated rings. The molecule has 0 aliphatic heterocycles. The summed E-state index contributed by atoms with van der Waals surface area (Å²) in [7, 11) is 3.88. The second-order valence-electron chi connectivity index (χ2n) is 3.09. The Morgan fingerprint density at radius 3 is 2.92 bits per heavy atom. The van der Waals surface area contributed by atoms with Crippen molar-refractivity contribution >= 4 is 5.97 Å². The van der Waals surface area contributed by atoms with Crippen LogP contribution >= 0.6 is 0 Å². The Morgan fingerprint density at radius 1 is 1.69 bits per heavy atom. The van der Waals surface area contributed by atoms with Crippen LogP contribution in [0.25, 0.3) is 0 Å². The van der Waals surface area contributed by atoms with Gasteiger partial charge < -0.3 is 15.0 Å². The maximum Gasteiger partial charge on any atom is 0.356 e. The van der Waals surface area contributed by atoms with Crippen LogP contribution in [0.5, 0.6) is 0 Å². The predicted octanol–water partition coefficient (Wildman–Crippen LogP) is 0.212. The number of hydrogen-bond acceptors (Lipinski definition) is 3. The Kier molecular flexibility index (Phi) is 3.02. The summed E-state index contributed by atoms with van der Waals surface area (Å²) in [6, 6.07) is 0. The van der Waals surface area contributed by atoms with Gasteiger partial charge in [-0.1, -0.05) is 0 Å². The lowest BCUT2D eigenvalue weighted by Crippen LogP contribution is -2.16. The van der Waals surface area contributed by atoms with Crippen LogP contribution in [0, 0.1) is 0 Å². The molecule has 0 aromatic carbocycles. The topological polar surface area (TPSA) is 69.2 Å². The van der Waals surface area contributed by atoms with Crippen LogP contribution in [0.1, 0.15) is 16.2 Å². The van der Waals surface area contributed by atoms with Gasteiger partial charge in [-0.15, -0.1) is 0 Å². The van der Waals surface area contributed by atoms with E-state index in [2.05, 4.69) is 9.97 Å². The number of likely N-dealkylation sites (N-methyl/N-ethyl adjacent to an activating group) is 1. The summed E-state index contributed by atoms with van der Waals surface area (Å²) >= 11 is 0. The first-order valence-corrected chi connectivity index (χ1v) is 4.01. The van der Waals surface area contributed by atoms with Crippen molar-refractivity contribution in [1.82, 2.24) is 14.9 Å². The Balaban J connectivity index is 2.65. The van der Waals surface area contributed by atoms with E-state index in [9.17, 15) is 4.79 Å². The fourth-order valence-electron chi connectivity index (χ4n) is 1.03. The number of carboxylic acid groups (broad SMARTS) is 1. The van der Waals surface area contributed by atoms with E-state index >= 15 is 0 Å². The van der Waals surface area contributed by atoms with Crippen LogP contribution in [0.2, 0.25) is 0 Å². The van der Waals surface area contributed by atoms with E-state index in [-0.39, 0.29) is 5.69 Å². The molecular weight excluding hydrogens is 170 g/mol. The molecule has 0 amide bonds. The highest BCUT2D eigenvalue weighted by molar-refractivity contribution is 5.86. The van der Waals surface area contributed by atoms with Crippen molar-refractivity contribution in [3.63, 3.8) is 0 Å². The number of imidazole rings is 1. The minimum absolute atomic E-state index is 0.127. The van der Waals surface area contributed by atoms with Gasteiger partial charge in [0.1, 0.15) is 0 Å². The second kappa shape index (κ2) is 4.04. The van der Waals surface area contributed by atoms with E-state index in [1.54, 1.807) is 0 Å². The first-order chi connectivity index (χ1) is 6.11. The molecule has 5 heteroatoms. The number of carbonyl (C=O) groups is 1. The molecule has 0 unspecified atom stereocenters. The van der Waals surface area contributed by atoms with Crippen molar-refractivity contribution in [1.29, 1.82) is 0 Å². The molecule has 1 aromatic heterocycles. The number of aromatic amines is 1. The highest BCUT2D eigenvalue weighted by atomic mass is 16.4. The van der Waals surface area contributed by atoms with Crippen LogP contribution < -0.4 is 0 Å². The molecule has 1 aromatic rings. The van der Waals surface area contributed by atoms with Crippen LogP contribution in [0.3, 0.4) is 0 Å². The number of nitrogens with one attached hydrogen (secondary N) is 1. The number of aromatic carboxylic acids is 1. The summed E-state index contributed by atoms with van der Waals surface area (Å²) in [5.74, 6) is -0.977. The number of aromatic nitrogens is 2. The van der Waals surface area contributed by atoms with Gasteiger partial charge in [0.25, 0.3) is 0 Å². The molecule has 72 valence electrons. The maximum atomic E-state index is 10.6. The first kappa shape index (κ1) is 9.73. The Morgan fingerprint density at radius 2 is 2.38 bits per heavy atom. The third kappa shape index (κ3) is 2.55. The van der Waals surface area contributed by atoms with E-state index in [0.717, 1.165) is 6.54 Å². The third-order valence-electron chi connectivity index (χ3n) is 1.73. The van der Waals surface area contributed by atoms with Gasteiger partial charge in [-0.25, -0.2) is 9.78 Å². The Bertz CT molecular complexity index is 293. The lowest BCUT2D eigenvalue weighted by molar-refractivity contribution is 0.0689. The summed E-state index contributed by atoms with van der Waals surface area (Å²) < 4.78 is 0. The second-order valence-corrected chi connectivity index (χ2v) is 3.09. The smallest absolute Gasteiger partial charge is 0.356 e. The largest absolute Gasteiger partial charge is 0.476 e. The normalized spacial score (nSPS) is 10.7. The molecule has 5 nitrogen and oxygen atoms in total. The summed E-state index contributed by atoms with van der Waals surface area (Å²) in [6.45, 7) is 0.808. The number of H-pyrrole nitrogens is 1. The van der Waals surface area contributed by atoms with Gasteiger partial charge in [0.05, 0.1) is 12.0 Å². The first-order valence-electron chi connectivity index (χ1n) is 4.01. The molecule has 0 saturated heterocycles. The van der Waals surface area contributed by atoms with E-state index in [4.69, 9.17) is 5.11 Å². The molecular formula is C8H13N3O2. The zero-order valence-electron chi connectivity index (χ0n) is 7.74. The molecule has 1 heterocycles.